The van der Waals surface area contributed by atoms with Gasteiger partial charge in [-0.15, -0.1) is 10.2 Å². The Balaban J connectivity index is 2.46. The van der Waals surface area contributed by atoms with Crippen LogP contribution in [0.2, 0.25) is 5.02 Å². The van der Waals surface area contributed by atoms with Gasteiger partial charge in [-0.2, -0.15) is 0 Å². The Morgan fingerprint density at radius 1 is 1.29 bits per heavy atom. The molecular formula is C9H9ClN4. The third kappa shape index (κ3) is 1.62. The van der Waals surface area contributed by atoms with Crippen molar-refractivity contribution in [3.63, 3.8) is 0 Å². The van der Waals surface area contributed by atoms with E-state index in [1.807, 2.05) is 18.2 Å². The zero-order valence-corrected chi connectivity index (χ0v) is 8.15. The van der Waals surface area contributed by atoms with Gasteiger partial charge in [0.1, 0.15) is 12.7 Å². The number of rotatable bonds is 2. The normalized spacial score (nSPS) is 10.4. The molecule has 0 fully saturated rings. The van der Waals surface area contributed by atoms with E-state index in [0.29, 0.717) is 11.6 Å². The molecule has 2 aromatic rings. The van der Waals surface area contributed by atoms with E-state index in [1.54, 1.807) is 17.2 Å². The largest absolute Gasteiger partial charge is 0.326 e. The van der Waals surface area contributed by atoms with Crippen LogP contribution >= 0.6 is 11.6 Å². The topological polar surface area (TPSA) is 56.7 Å². The maximum atomic E-state index is 5.94. The molecule has 0 saturated carbocycles. The van der Waals surface area contributed by atoms with Crippen molar-refractivity contribution in [2.45, 2.75) is 6.54 Å². The van der Waals surface area contributed by atoms with Crippen LogP contribution in [0.25, 0.3) is 5.69 Å². The van der Waals surface area contributed by atoms with Gasteiger partial charge in [0.2, 0.25) is 0 Å². The fraction of sp³-hybridized carbons (Fsp3) is 0.111. The Bertz CT molecular complexity index is 424. The number of hydrogen-bond acceptors (Lipinski definition) is 3. The molecule has 0 radical (unpaired) electrons. The van der Waals surface area contributed by atoms with Crippen LogP contribution in [0, 0.1) is 0 Å². The van der Waals surface area contributed by atoms with E-state index in [1.165, 1.54) is 0 Å². The third-order valence-electron chi connectivity index (χ3n) is 1.97. The van der Waals surface area contributed by atoms with Crippen molar-refractivity contribution in [1.29, 1.82) is 0 Å². The summed E-state index contributed by atoms with van der Waals surface area (Å²) in [6.45, 7) is 0.425. The first-order chi connectivity index (χ1) is 6.81. The summed E-state index contributed by atoms with van der Waals surface area (Å²) in [5.41, 5.74) is 7.42. The molecule has 0 spiro atoms. The summed E-state index contributed by atoms with van der Waals surface area (Å²) in [4.78, 5) is 0. The average molecular weight is 209 g/mol. The second-order valence-electron chi connectivity index (χ2n) is 2.85. The highest BCUT2D eigenvalue weighted by molar-refractivity contribution is 6.31. The van der Waals surface area contributed by atoms with E-state index < -0.39 is 0 Å². The molecule has 2 N–H and O–H groups in total. The molecule has 0 aliphatic heterocycles. The van der Waals surface area contributed by atoms with Crippen molar-refractivity contribution in [2.24, 2.45) is 5.73 Å². The number of aromatic nitrogens is 3. The van der Waals surface area contributed by atoms with E-state index in [2.05, 4.69) is 10.2 Å². The third-order valence-corrected chi connectivity index (χ3v) is 2.33. The van der Waals surface area contributed by atoms with Crippen molar-refractivity contribution in [3.8, 4) is 5.69 Å². The van der Waals surface area contributed by atoms with Crippen LogP contribution in [0.15, 0.2) is 30.9 Å². The van der Waals surface area contributed by atoms with E-state index in [0.717, 1.165) is 11.3 Å². The number of halogens is 1. The zero-order chi connectivity index (χ0) is 9.97. The molecule has 1 aromatic carbocycles. The number of benzene rings is 1. The quantitative estimate of drug-likeness (QED) is 0.811. The molecule has 4 nitrogen and oxygen atoms in total. The summed E-state index contributed by atoms with van der Waals surface area (Å²) >= 11 is 5.94. The summed E-state index contributed by atoms with van der Waals surface area (Å²) < 4.78 is 1.80. The Morgan fingerprint density at radius 2 is 2.00 bits per heavy atom. The van der Waals surface area contributed by atoms with Crippen molar-refractivity contribution >= 4 is 11.6 Å². The minimum Gasteiger partial charge on any atom is -0.326 e. The monoisotopic (exact) mass is 208 g/mol. The average Bonchev–Trinajstić information content (AvgIpc) is 2.71. The second kappa shape index (κ2) is 3.77. The molecule has 0 atom stereocenters. The molecule has 0 aliphatic carbocycles. The lowest BCUT2D eigenvalue weighted by atomic mass is 10.2. The molecule has 1 heterocycles. The molecule has 14 heavy (non-hydrogen) atoms. The first-order valence-corrected chi connectivity index (χ1v) is 4.52. The summed E-state index contributed by atoms with van der Waals surface area (Å²) in [6.07, 6.45) is 3.26. The molecule has 0 amide bonds. The minimum absolute atomic E-state index is 0.425. The van der Waals surface area contributed by atoms with Crippen molar-refractivity contribution in [2.75, 3.05) is 0 Å². The van der Waals surface area contributed by atoms with E-state index in [-0.39, 0.29) is 0 Å². The molecule has 0 aliphatic rings. The van der Waals surface area contributed by atoms with Crippen molar-refractivity contribution in [1.82, 2.24) is 14.8 Å². The van der Waals surface area contributed by atoms with Crippen LogP contribution in [0.5, 0.6) is 0 Å². The zero-order valence-electron chi connectivity index (χ0n) is 7.39. The van der Waals surface area contributed by atoms with Gasteiger partial charge in [0.15, 0.2) is 0 Å². The SMILES string of the molecule is NCc1cc(-n2cnnc2)ccc1Cl. The summed E-state index contributed by atoms with van der Waals surface area (Å²) in [5, 5.41) is 8.13. The minimum atomic E-state index is 0.425. The van der Waals surface area contributed by atoms with Crippen molar-refractivity contribution < 1.29 is 0 Å². The maximum absolute atomic E-state index is 5.94. The lowest BCUT2D eigenvalue weighted by Crippen LogP contribution is -1.99. The van der Waals surface area contributed by atoms with Crippen LogP contribution in [-0.2, 0) is 6.54 Å². The number of nitrogens with two attached hydrogens (primary N) is 1. The summed E-state index contributed by atoms with van der Waals surface area (Å²) in [6, 6.07) is 5.63. The second-order valence-corrected chi connectivity index (χ2v) is 3.26. The van der Waals surface area contributed by atoms with Crippen LogP contribution in [0.4, 0.5) is 0 Å². The molecular weight excluding hydrogens is 200 g/mol. The van der Waals surface area contributed by atoms with E-state index in [9.17, 15) is 0 Å². The van der Waals surface area contributed by atoms with Gasteiger partial charge in [0.05, 0.1) is 0 Å². The van der Waals surface area contributed by atoms with Gasteiger partial charge in [-0.05, 0) is 23.8 Å². The summed E-state index contributed by atoms with van der Waals surface area (Å²) in [5.74, 6) is 0. The molecule has 0 saturated heterocycles. The lowest BCUT2D eigenvalue weighted by Gasteiger charge is -2.05. The van der Waals surface area contributed by atoms with Crippen LogP contribution in [0.1, 0.15) is 5.56 Å². The van der Waals surface area contributed by atoms with Crippen LogP contribution in [0.3, 0.4) is 0 Å². The van der Waals surface area contributed by atoms with Gasteiger partial charge in [-0.3, -0.25) is 4.57 Å². The fourth-order valence-electron chi connectivity index (χ4n) is 1.21. The summed E-state index contributed by atoms with van der Waals surface area (Å²) in [7, 11) is 0. The Hall–Kier alpha value is -1.39. The van der Waals surface area contributed by atoms with E-state index >= 15 is 0 Å². The Morgan fingerprint density at radius 3 is 2.64 bits per heavy atom. The highest BCUT2D eigenvalue weighted by Gasteiger charge is 2.01. The smallest absolute Gasteiger partial charge is 0.123 e. The molecule has 1 aromatic heterocycles. The van der Waals surface area contributed by atoms with Gasteiger partial charge < -0.3 is 5.73 Å². The molecule has 72 valence electrons. The highest BCUT2D eigenvalue weighted by atomic mass is 35.5. The van der Waals surface area contributed by atoms with Crippen LogP contribution < -0.4 is 5.73 Å². The van der Waals surface area contributed by atoms with Crippen LogP contribution in [-0.4, -0.2) is 14.8 Å². The van der Waals surface area contributed by atoms with Gasteiger partial charge in [0, 0.05) is 17.3 Å². The first-order valence-electron chi connectivity index (χ1n) is 4.15. The predicted octanol–water partition coefficient (Wildman–Crippen LogP) is 1.38. The van der Waals surface area contributed by atoms with Gasteiger partial charge in [-0.1, -0.05) is 11.6 Å². The number of hydrogen-bond donors (Lipinski definition) is 1. The molecule has 0 bridgehead atoms. The fourth-order valence-corrected chi connectivity index (χ4v) is 1.41. The van der Waals surface area contributed by atoms with Gasteiger partial charge in [-0.25, -0.2) is 0 Å². The maximum Gasteiger partial charge on any atom is 0.123 e. The van der Waals surface area contributed by atoms with Crippen molar-refractivity contribution in [3.05, 3.63) is 41.4 Å². The molecule has 2 rings (SSSR count). The predicted molar refractivity (Wildman–Crippen MR) is 54.3 cm³/mol. The van der Waals surface area contributed by atoms with Gasteiger partial charge in [0.25, 0.3) is 0 Å². The highest BCUT2D eigenvalue weighted by Crippen LogP contribution is 2.18. The van der Waals surface area contributed by atoms with E-state index in [4.69, 9.17) is 17.3 Å². The standard InChI is InChI=1S/C9H9ClN4/c10-9-2-1-8(3-7(9)4-11)14-5-12-13-6-14/h1-3,5-6H,4,11H2. The number of nitrogens with zero attached hydrogens (tertiary/aromatic N) is 3. The molecule has 0 unspecified atom stereocenters. The van der Waals surface area contributed by atoms with Gasteiger partial charge >= 0.3 is 0 Å². The Labute approximate surface area is 86.3 Å². The molecule has 5 heteroatoms. The lowest BCUT2D eigenvalue weighted by molar-refractivity contribution is 1.02. The Kier molecular flexibility index (Phi) is 2.47. The first kappa shape index (κ1) is 9.18.